The Morgan fingerprint density at radius 3 is 1.85 bits per heavy atom. The molecule has 0 aliphatic carbocycles. The van der Waals surface area contributed by atoms with E-state index in [0.29, 0.717) is 26.2 Å². The fourth-order valence-corrected chi connectivity index (χ4v) is 3.02. The van der Waals surface area contributed by atoms with Crippen LogP contribution in [0.15, 0.2) is 0 Å². The topological polar surface area (TPSA) is 96.3 Å². The van der Waals surface area contributed by atoms with Crippen LogP contribution >= 0.6 is 0 Å². The van der Waals surface area contributed by atoms with Crippen molar-refractivity contribution in [1.29, 1.82) is 0 Å². The normalized spacial score (nSPS) is 12.2. The summed E-state index contributed by atoms with van der Waals surface area (Å²) in [6.07, 6.45) is 12.9. The van der Waals surface area contributed by atoms with E-state index in [-0.39, 0.29) is 13.2 Å². The summed E-state index contributed by atoms with van der Waals surface area (Å²) in [6, 6.07) is 0. The molecule has 158 valence electrons. The molecule has 0 saturated heterocycles. The Kier molecular flexibility index (Phi) is 18.0. The first kappa shape index (κ1) is 25.8. The van der Waals surface area contributed by atoms with Crippen LogP contribution in [-0.2, 0) is 19.3 Å². The second kappa shape index (κ2) is 18.1. The number of nitrogens with zero attached hydrogens (tertiary/aromatic N) is 1. The molecule has 0 amide bonds. The van der Waals surface area contributed by atoms with Crippen molar-refractivity contribution in [3.8, 4) is 0 Å². The maximum Gasteiger partial charge on any atom is 0.397 e. The largest absolute Gasteiger partial charge is 0.397 e. The average molecular weight is 398 g/mol. The molecule has 0 heterocycles. The summed E-state index contributed by atoms with van der Waals surface area (Å²) < 4.78 is 39.4. The lowest BCUT2D eigenvalue weighted by Gasteiger charge is -2.20. The molecule has 8 heteroatoms. The fourth-order valence-electron chi connectivity index (χ4n) is 2.74. The molecule has 0 rings (SSSR count). The van der Waals surface area contributed by atoms with Crippen LogP contribution in [0.5, 0.6) is 0 Å². The van der Waals surface area contributed by atoms with Gasteiger partial charge in [-0.3, -0.25) is 9.45 Å². The van der Waals surface area contributed by atoms with Gasteiger partial charge in [-0.15, -0.1) is 0 Å². The van der Waals surface area contributed by atoms with E-state index in [4.69, 9.17) is 14.4 Å². The summed E-state index contributed by atoms with van der Waals surface area (Å²) in [6.45, 7) is 4.64. The number of unbranched alkanes of at least 4 members (excludes halogenated alkanes) is 9. The third kappa shape index (κ3) is 20.1. The van der Waals surface area contributed by atoms with E-state index in [9.17, 15) is 8.42 Å². The van der Waals surface area contributed by atoms with Crippen molar-refractivity contribution in [2.75, 3.05) is 46.1 Å². The number of ether oxygens (including phenoxy) is 1. The molecular formula is C18H39NO6S. The summed E-state index contributed by atoms with van der Waals surface area (Å²) in [4.78, 5) is 1.84. The molecular weight excluding hydrogens is 358 g/mol. The van der Waals surface area contributed by atoms with Crippen molar-refractivity contribution in [2.24, 2.45) is 0 Å². The zero-order valence-corrected chi connectivity index (χ0v) is 17.2. The zero-order valence-electron chi connectivity index (χ0n) is 16.4. The highest BCUT2D eigenvalue weighted by Crippen LogP contribution is 2.10. The molecule has 7 nitrogen and oxygen atoms in total. The van der Waals surface area contributed by atoms with Crippen molar-refractivity contribution in [3.63, 3.8) is 0 Å². The maximum absolute atomic E-state index is 10.5. The molecule has 0 aromatic carbocycles. The molecule has 0 fully saturated rings. The quantitative estimate of drug-likeness (QED) is 0.241. The van der Waals surface area contributed by atoms with Crippen LogP contribution in [0.4, 0.5) is 0 Å². The summed E-state index contributed by atoms with van der Waals surface area (Å²) in [5, 5.41) is 9.01. The molecule has 0 bridgehead atoms. The molecule has 0 aliphatic rings. The Morgan fingerprint density at radius 2 is 1.31 bits per heavy atom. The van der Waals surface area contributed by atoms with E-state index in [2.05, 4.69) is 11.1 Å². The first-order valence-electron chi connectivity index (χ1n) is 10.0. The van der Waals surface area contributed by atoms with Gasteiger partial charge in [0.05, 0.1) is 19.8 Å². The van der Waals surface area contributed by atoms with Crippen LogP contribution in [0.2, 0.25) is 0 Å². The van der Waals surface area contributed by atoms with Crippen LogP contribution in [0.25, 0.3) is 0 Å². The fraction of sp³-hybridized carbons (Fsp3) is 1.00. The number of hydrogen-bond acceptors (Lipinski definition) is 6. The minimum absolute atomic E-state index is 0.0235. The highest BCUT2D eigenvalue weighted by molar-refractivity contribution is 7.80. The van der Waals surface area contributed by atoms with Crippen molar-refractivity contribution < 1.29 is 27.0 Å². The van der Waals surface area contributed by atoms with Gasteiger partial charge in [0.2, 0.25) is 0 Å². The van der Waals surface area contributed by atoms with Gasteiger partial charge in [-0.2, -0.15) is 8.42 Å². The van der Waals surface area contributed by atoms with Gasteiger partial charge in [0.1, 0.15) is 0 Å². The number of rotatable bonds is 20. The Labute approximate surface area is 160 Å². The second-order valence-corrected chi connectivity index (χ2v) is 7.70. The monoisotopic (exact) mass is 397 g/mol. The van der Waals surface area contributed by atoms with E-state index < -0.39 is 10.4 Å². The predicted molar refractivity (Wildman–Crippen MR) is 104 cm³/mol. The maximum atomic E-state index is 10.5. The van der Waals surface area contributed by atoms with Gasteiger partial charge in [0.25, 0.3) is 0 Å². The molecule has 0 unspecified atom stereocenters. The molecule has 0 saturated carbocycles. The molecule has 0 aromatic heterocycles. The number of hydrogen-bond donors (Lipinski definition) is 2. The Bertz CT molecular complexity index is 391. The minimum atomic E-state index is -4.40. The SMILES string of the molecule is CCCCCCCCCCCCOCCN(CCO)CCOS(=O)(=O)O. The second-order valence-electron chi connectivity index (χ2n) is 6.61. The van der Waals surface area contributed by atoms with Gasteiger partial charge in [-0.05, 0) is 6.42 Å². The Hall–Kier alpha value is -0.250. The smallest absolute Gasteiger partial charge is 0.395 e. The average Bonchev–Trinajstić information content (AvgIpc) is 2.58. The van der Waals surface area contributed by atoms with Crippen LogP contribution in [0, 0.1) is 0 Å². The summed E-state index contributed by atoms with van der Waals surface area (Å²) in [7, 11) is -4.40. The molecule has 26 heavy (non-hydrogen) atoms. The first-order valence-corrected chi connectivity index (χ1v) is 11.4. The van der Waals surface area contributed by atoms with Crippen molar-refractivity contribution in [1.82, 2.24) is 4.90 Å². The molecule has 0 spiro atoms. The van der Waals surface area contributed by atoms with Gasteiger partial charge < -0.3 is 9.84 Å². The van der Waals surface area contributed by atoms with Crippen molar-refractivity contribution in [3.05, 3.63) is 0 Å². The summed E-state index contributed by atoms with van der Waals surface area (Å²) >= 11 is 0. The van der Waals surface area contributed by atoms with Gasteiger partial charge >= 0.3 is 10.4 Å². The third-order valence-electron chi connectivity index (χ3n) is 4.25. The Morgan fingerprint density at radius 1 is 0.769 bits per heavy atom. The van der Waals surface area contributed by atoms with Crippen LogP contribution in [0.3, 0.4) is 0 Å². The summed E-state index contributed by atoms with van der Waals surface area (Å²) in [5.74, 6) is 0. The Balaban J connectivity index is 3.44. The van der Waals surface area contributed by atoms with Crippen molar-refractivity contribution >= 4 is 10.4 Å². The number of aliphatic hydroxyl groups is 1. The van der Waals surface area contributed by atoms with E-state index in [1.165, 1.54) is 57.8 Å². The van der Waals surface area contributed by atoms with Crippen LogP contribution in [0.1, 0.15) is 71.1 Å². The number of aliphatic hydroxyl groups excluding tert-OH is 1. The lowest BCUT2D eigenvalue weighted by Crippen LogP contribution is -2.34. The van der Waals surface area contributed by atoms with Gasteiger partial charge in [-0.1, -0.05) is 64.7 Å². The van der Waals surface area contributed by atoms with Crippen LogP contribution < -0.4 is 0 Å². The van der Waals surface area contributed by atoms with E-state index in [1.807, 2.05) is 4.90 Å². The van der Waals surface area contributed by atoms with Crippen molar-refractivity contribution in [2.45, 2.75) is 71.1 Å². The minimum Gasteiger partial charge on any atom is -0.395 e. The van der Waals surface area contributed by atoms with Gasteiger partial charge in [0, 0.05) is 26.2 Å². The van der Waals surface area contributed by atoms with E-state index in [1.54, 1.807) is 0 Å². The lowest BCUT2D eigenvalue weighted by atomic mass is 10.1. The molecule has 0 aliphatic heterocycles. The standard InChI is InChI=1S/C18H39NO6S/c1-2-3-4-5-6-7-8-9-10-11-16-24-17-13-19(12-15-20)14-18-25-26(21,22)23/h20H,2-18H2,1H3,(H,21,22,23). The third-order valence-corrected chi connectivity index (χ3v) is 4.71. The highest BCUT2D eigenvalue weighted by atomic mass is 32.3. The molecule has 0 atom stereocenters. The zero-order chi connectivity index (χ0) is 19.5. The predicted octanol–water partition coefficient (Wildman–Crippen LogP) is 3.04. The first-order chi connectivity index (χ1) is 12.5. The summed E-state index contributed by atoms with van der Waals surface area (Å²) in [5.41, 5.74) is 0. The lowest BCUT2D eigenvalue weighted by molar-refractivity contribution is 0.0863. The van der Waals surface area contributed by atoms with E-state index in [0.717, 1.165) is 13.0 Å². The van der Waals surface area contributed by atoms with E-state index >= 15 is 0 Å². The van der Waals surface area contributed by atoms with Gasteiger partial charge in [-0.25, -0.2) is 4.18 Å². The van der Waals surface area contributed by atoms with Crippen LogP contribution in [-0.4, -0.2) is 69.0 Å². The molecule has 2 N–H and O–H groups in total. The molecule has 0 aromatic rings. The molecule has 0 radical (unpaired) electrons. The van der Waals surface area contributed by atoms with Gasteiger partial charge in [0.15, 0.2) is 0 Å². The highest BCUT2D eigenvalue weighted by Gasteiger charge is 2.08.